The molecule has 0 radical (unpaired) electrons. The summed E-state index contributed by atoms with van der Waals surface area (Å²) in [5, 5.41) is 0.677. The first-order valence-electron chi connectivity index (χ1n) is 43.5. The van der Waals surface area contributed by atoms with Crippen LogP contribution in [0.4, 0.5) is 0 Å². The molecule has 0 bridgehead atoms. The molecule has 1 aliphatic rings. The van der Waals surface area contributed by atoms with Crippen molar-refractivity contribution in [2.45, 2.75) is 38.9 Å². The molecule has 11 nitrogen and oxygen atoms in total. The molecule has 16 aromatic carbocycles. The molecule has 622 valence electrons. The van der Waals surface area contributed by atoms with E-state index in [4.69, 9.17) is 65.8 Å². The minimum Gasteiger partial charge on any atom is -0.399 e. The van der Waals surface area contributed by atoms with Gasteiger partial charge in [-0.2, -0.15) is 0 Å². The summed E-state index contributed by atoms with van der Waals surface area (Å²) in [6.45, 7) is 8.27. The molecule has 4 aromatic heterocycles. The summed E-state index contributed by atoms with van der Waals surface area (Å²) in [5.74, 6) is 3.96. The fourth-order valence-corrected chi connectivity index (χ4v) is 16.0. The number of hydrogen-bond donors (Lipinski definition) is 0. The zero-order chi connectivity index (χ0) is 88.2. The summed E-state index contributed by atoms with van der Waals surface area (Å²) in [5.41, 5.74) is 28.5. The summed E-state index contributed by atoms with van der Waals surface area (Å²) < 4.78 is 12.4. The van der Waals surface area contributed by atoms with Gasteiger partial charge in [-0.25, -0.2) is 44.9 Å². The maximum Gasteiger partial charge on any atom is 0.494 e. The van der Waals surface area contributed by atoms with Crippen LogP contribution in [0.25, 0.3) is 192 Å². The molecule has 0 amide bonds. The van der Waals surface area contributed by atoms with Crippen LogP contribution in [-0.4, -0.2) is 63.2 Å². The minimum absolute atomic E-state index is 0.363. The van der Waals surface area contributed by atoms with Crippen LogP contribution in [-0.2, 0) is 9.31 Å². The van der Waals surface area contributed by atoms with Crippen molar-refractivity contribution >= 4 is 24.2 Å². The Hall–Kier alpha value is -16.0. The largest absolute Gasteiger partial charge is 0.494 e. The Bertz CT molecular complexity index is 7060. The van der Waals surface area contributed by atoms with Gasteiger partial charge in [0, 0.05) is 71.8 Å². The van der Waals surface area contributed by atoms with Crippen molar-refractivity contribution in [3.8, 4) is 192 Å². The summed E-state index contributed by atoms with van der Waals surface area (Å²) in [4.78, 5) is 44.9. The molecule has 20 aromatic rings. The average Bonchev–Trinajstić information content (AvgIpc) is 1.68. The summed E-state index contributed by atoms with van der Waals surface area (Å²) >= 11 is 6.34. The predicted molar refractivity (Wildman–Crippen MR) is 533 cm³/mol. The Labute approximate surface area is 763 Å². The van der Waals surface area contributed by atoms with Crippen LogP contribution < -0.4 is 5.46 Å². The van der Waals surface area contributed by atoms with Crippen LogP contribution in [0.3, 0.4) is 0 Å². The third-order valence-electron chi connectivity index (χ3n) is 23.4. The fraction of sp³-hybridized carbons (Fsp3) is 0.0513. The van der Waals surface area contributed by atoms with Crippen LogP contribution in [0.15, 0.2) is 455 Å². The molecule has 130 heavy (non-hydrogen) atoms. The lowest BCUT2D eigenvalue weighted by Gasteiger charge is -2.32. The van der Waals surface area contributed by atoms with Gasteiger partial charge in [-0.15, -0.1) is 0 Å². The van der Waals surface area contributed by atoms with Crippen LogP contribution in [0, 0.1) is 0 Å². The minimum atomic E-state index is -0.380. The zero-order valence-corrected chi connectivity index (χ0v) is 72.9. The van der Waals surface area contributed by atoms with Crippen LogP contribution in [0.5, 0.6) is 0 Å². The van der Waals surface area contributed by atoms with E-state index >= 15 is 0 Å². The second kappa shape index (κ2) is 38.1. The van der Waals surface area contributed by atoms with Gasteiger partial charge in [0.1, 0.15) is 0 Å². The number of hydrogen-bond acceptors (Lipinski definition) is 11. The van der Waals surface area contributed by atoms with Crippen molar-refractivity contribution in [1.29, 1.82) is 0 Å². The zero-order valence-electron chi connectivity index (χ0n) is 72.1. The summed E-state index contributed by atoms with van der Waals surface area (Å²) in [7, 11) is -0.380. The van der Waals surface area contributed by atoms with Crippen molar-refractivity contribution in [3.63, 3.8) is 0 Å². The SMILES string of the molecule is CC1(C)OB(c2ccc(-c3cc(-c4ccccc4)nc(-c4ccccc4)n3)cc2)OC1(C)C.Clc1cccc(-c2cc(-c3cc(-c4ccccc4)cc(-c4ccccc4)c3)nc(-c3ccccc3)n2)c1.c1ccc(-c2cc(-c3ccccc3)cc(-c3cc(-c4ccc(-c5cccc(-c6nc(-c7ccccc7)nc(-c7ccccc7)n6)c5)cc4)nc(-c4ccccc4)n3)c2)cc1. The molecular weight excluding hydrogens is 1610 g/mol. The first kappa shape index (κ1) is 83.6. The Morgan fingerprint density at radius 1 is 0.169 bits per heavy atom. The van der Waals surface area contributed by atoms with Crippen molar-refractivity contribution in [3.05, 3.63) is 460 Å². The molecule has 21 rings (SSSR count). The van der Waals surface area contributed by atoms with Gasteiger partial charge in [-0.1, -0.05) is 394 Å². The van der Waals surface area contributed by atoms with E-state index in [0.717, 1.165) is 162 Å². The van der Waals surface area contributed by atoms with E-state index in [9.17, 15) is 0 Å². The van der Waals surface area contributed by atoms with Gasteiger partial charge in [0.2, 0.25) is 0 Å². The van der Waals surface area contributed by atoms with E-state index in [2.05, 4.69) is 282 Å². The molecule has 0 saturated carbocycles. The molecular formula is C117H87BClN9O2. The Morgan fingerprint density at radius 3 is 0.700 bits per heavy atom. The molecule has 0 aliphatic carbocycles. The van der Waals surface area contributed by atoms with Crippen LogP contribution in [0.2, 0.25) is 5.02 Å². The Morgan fingerprint density at radius 2 is 0.377 bits per heavy atom. The first-order valence-corrected chi connectivity index (χ1v) is 43.8. The highest BCUT2D eigenvalue weighted by atomic mass is 35.5. The maximum atomic E-state index is 6.34. The number of aromatic nitrogens is 9. The fourth-order valence-electron chi connectivity index (χ4n) is 15.8. The molecule has 1 fully saturated rings. The van der Waals surface area contributed by atoms with Gasteiger partial charge >= 0.3 is 7.12 Å². The molecule has 5 heterocycles. The second-order valence-corrected chi connectivity index (χ2v) is 33.3. The summed E-state index contributed by atoms with van der Waals surface area (Å²) in [6.07, 6.45) is 0. The predicted octanol–water partition coefficient (Wildman–Crippen LogP) is 28.9. The van der Waals surface area contributed by atoms with Gasteiger partial charge < -0.3 is 9.31 Å². The molecule has 0 N–H and O–H groups in total. The quantitative estimate of drug-likeness (QED) is 0.0760. The van der Waals surface area contributed by atoms with E-state index in [1.54, 1.807) is 0 Å². The monoisotopic (exact) mass is 1700 g/mol. The van der Waals surface area contributed by atoms with Gasteiger partial charge in [0.15, 0.2) is 34.9 Å². The Kier molecular flexibility index (Phi) is 24.5. The Balaban J connectivity index is 0.000000135. The third kappa shape index (κ3) is 19.4. The van der Waals surface area contributed by atoms with Crippen LogP contribution >= 0.6 is 11.6 Å². The summed E-state index contributed by atoms with van der Waals surface area (Å²) in [6, 6.07) is 155. The van der Waals surface area contributed by atoms with Gasteiger partial charge in [0.05, 0.1) is 45.4 Å². The number of halogens is 1. The lowest BCUT2D eigenvalue weighted by molar-refractivity contribution is 0.00578. The van der Waals surface area contributed by atoms with E-state index in [1.807, 2.05) is 200 Å². The van der Waals surface area contributed by atoms with E-state index in [1.165, 1.54) is 0 Å². The highest BCUT2D eigenvalue weighted by Crippen LogP contribution is 2.41. The number of nitrogens with zero attached hydrogens (tertiary/aromatic N) is 9. The second-order valence-electron chi connectivity index (χ2n) is 32.8. The normalized spacial score (nSPS) is 12.4. The number of benzene rings is 16. The van der Waals surface area contributed by atoms with E-state index in [0.29, 0.717) is 40.0 Å². The highest BCUT2D eigenvalue weighted by Gasteiger charge is 2.51. The van der Waals surface area contributed by atoms with Gasteiger partial charge in [-0.05, 0) is 162 Å². The molecule has 0 spiro atoms. The first-order chi connectivity index (χ1) is 63.7. The van der Waals surface area contributed by atoms with Gasteiger partial charge in [-0.3, -0.25) is 0 Å². The van der Waals surface area contributed by atoms with Crippen molar-refractivity contribution in [2.24, 2.45) is 0 Å². The number of rotatable bonds is 18. The van der Waals surface area contributed by atoms with Crippen LogP contribution in [0.1, 0.15) is 27.7 Å². The van der Waals surface area contributed by atoms with Crippen molar-refractivity contribution in [2.75, 3.05) is 0 Å². The smallest absolute Gasteiger partial charge is 0.399 e. The lowest BCUT2D eigenvalue weighted by Crippen LogP contribution is -2.41. The van der Waals surface area contributed by atoms with E-state index < -0.39 is 0 Å². The van der Waals surface area contributed by atoms with E-state index in [-0.39, 0.29) is 18.3 Å². The van der Waals surface area contributed by atoms with Crippen molar-refractivity contribution in [1.82, 2.24) is 44.9 Å². The molecule has 13 heteroatoms. The molecule has 1 saturated heterocycles. The lowest BCUT2D eigenvalue weighted by atomic mass is 9.79. The molecule has 0 atom stereocenters. The topological polar surface area (TPSA) is 134 Å². The maximum absolute atomic E-state index is 6.34. The van der Waals surface area contributed by atoms with Crippen molar-refractivity contribution < 1.29 is 9.31 Å². The van der Waals surface area contributed by atoms with Gasteiger partial charge in [0.25, 0.3) is 0 Å². The highest BCUT2D eigenvalue weighted by molar-refractivity contribution is 6.62. The molecule has 0 unspecified atom stereocenters. The standard InChI is InChI=1S/C55H37N5.C34H23ClN2.C28H27BN2O2/c1-6-17-38(18-7-1)47-34-48(39-19-8-2-9-20-39)36-49(35-47)51-37-50(56-52(57-51)42-21-10-3-11-22-42)41-31-29-40(30-32-41)45-27-16-28-46(33-45)55-59-53(43-23-12-4-13-24-43)58-54(60-55)44-25-14-5-15-26-44;35-31-18-10-17-27(22-31)32-23-33(37-34(36-32)26-15-8-3-9-16-26)30-20-28(24-11-4-1-5-12-24)19-29(21-30)25-13-6-2-7-14-25;1-27(2)28(3,4)33-29(32-27)23-17-15-21(16-18-23)25-19-24(20-11-7-5-8-12-20)30-26(31-25)22-13-9-6-10-14-22/h1-37H;1-23H;5-19H,1-4H3. The molecule has 1 aliphatic heterocycles. The third-order valence-corrected chi connectivity index (χ3v) is 23.7. The average molecular weight is 1700 g/mol.